The Morgan fingerprint density at radius 3 is 2.36 bits per heavy atom. The highest BCUT2D eigenvalue weighted by atomic mass is 16.6. The third kappa shape index (κ3) is 5.95. The highest BCUT2D eigenvalue weighted by Gasteiger charge is 2.19. The van der Waals surface area contributed by atoms with Crippen molar-refractivity contribution in [3.63, 3.8) is 0 Å². The zero-order valence-corrected chi connectivity index (χ0v) is 14.8. The summed E-state index contributed by atoms with van der Waals surface area (Å²) in [5.74, 6) is 0.746. The molecule has 0 aliphatic rings. The van der Waals surface area contributed by atoms with Crippen LogP contribution in [0.5, 0.6) is 0 Å². The maximum Gasteiger partial charge on any atom is 0.407 e. The van der Waals surface area contributed by atoms with Gasteiger partial charge >= 0.3 is 6.09 Å². The monoisotopic (exact) mass is 310 g/mol. The van der Waals surface area contributed by atoms with Crippen molar-refractivity contribution in [2.75, 3.05) is 18.4 Å². The number of nitrogens with one attached hydrogen (secondary N) is 3. The Morgan fingerprint density at radius 2 is 1.91 bits per heavy atom. The van der Waals surface area contributed by atoms with E-state index in [1.165, 1.54) is 0 Å². The molecular formula is C16H30N4O2. The van der Waals surface area contributed by atoms with Crippen LogP contribution >= 0.6 is 0 Å². The first-order valence-electron chi connectivity index (χ1n) is 7.82. The minimum atomic E-state index is -0.472. The molecule has 0 saturated carbocycles. The molecule has 0 bridgehead atoms. The second kappa shape index (κ2) is 7.51. The summed E-state index contributed by atoms with van der Waals surface area (Å²) in [5, 5.41) is 13.4. The third-order valence-electron chi connectivity index (χ3n) is 3.52. The Morgan fingerprint density at radius 1 is 1.27 bits per heavy atom. The van der Waals surface area contributed by atoms with Gasteiger partial charge in [0.2, 0.25) is 0 Å². The molecule has 1 heterocycles. The molecule has 6 heteroatoms. The van der Waals surface area contributed by atoms with E-state index < -0.39 is 5.60 Å². The third-order valence-corrected chi connectivity index (χ3v) is 3.52. The SMILES string of the molecule is Cc1n[nH]c(C)c1NCC(CNC(=O)OC(C)(C)C)C(C)C. The minimum absolute atomic E-state index is 0.307. The second-order valence-corrected chi connectivity index (χ2v) is 7.08. The van der Waals surface area contributed by atoms with Crippen LogP contribution in [0.3, 0.4) is 0 Å². The number of aromatic nitrogens is 2. The number of hydrogen-bond donors (Lipinski definition) is 3. The molecule has 0 radical (unpaired) electrons. The van der Waals surface area contributed by atoms with E-state index in [1.807, 2.05) is 34.6 Å². The van der Waals surface area contributed by atoms with E-state index in [-0.39, 0.29) is 6.09 Å². The molecule has 1 amide bonds. The molecule has 0 aliphatic heterocycles. The molecule has 1 atom stereocenters. The van der Waals surface area contributed by atoms with Crippen LogP contribution in [0.2, 0.25) is 0 Å². The Bertz CT molecular complexity index is 469. The zero-order valence-electron chi connectivity index (χ0n) is 14.8. The number of alkyl carbamates (subject to hydrolysis) is 1. The van der Waals surface area contributed by atoms with Gasteiger partial charge < -0.3 is 15.4 Å². The Hall–Kier alpha value is -1.72. The predicted octanol–water partition coefficient (Wildman–Crippen LogP) is 3.24. The molecule has 1 rings (SSSR count). The van der Waals surface area contributed by atoms with E-state index >= 15 is 0 Å². The molecule has 0 aromatic carbocycles. The van der Waals surface area contributed by atoms with Gasteiger partial charge in [-0.2, -0.15) is 5.10 Å². The number of nitrogens with zero attached hydrogens (tertiary/aromatic N) is 1. The lowest BCUT2D eigenvalue weighted by molar-refractivity contribution is 0.0516. The highest BCUT2D eigenvalue weighted by Crippen LogP contribution is 2.18. The molecule has 0 fully saturated rings. The average molecular weight is 310 g/mol. The molecular weight excluding hydrogens is 280 g/mol. The van der Waals surface area contributed by atoms with Crippen molar-refractivity contribution < 1.29 is 9.53 Å². The number of anilines is 1. The van der Waals surface area contributed by atoms with E-state index in [9.17, 15) is 4.79 Å². The van der Waals surface area contributed by atoms with Crippen molar-refractivity contribution in [1.29, 1.82) is 0 Å². The summed E-state index contributed by atoms with van der Waals surface area (Å²) in [5.41, 5.74) is 2.56. The lowest BCUT2D eigenvalue weighted by atomic mass is 9.95. The highest BCUT2D eigenvalue weighted by molar-refractivity contribution is 5.67. The van der Waals surface area contributed by atoms with Gasteiger partial charge in [0.15, 0.2) is 0 Å². The summed E-state index contributed by atoms with van der Waals surface area (Å²) < 4.78 is 5.27. The van der Waals surface area contributed by atoms with Crippen LogP contribution in [0.15, 0.2) is 0 Å². The Kier molecular flexibility index (Phi) is 6.26. The topological polar surface area (TPSA) is 79.0 Å². The van der Waals surface area contributed by atoms with Crippen LogP contribution in [-0.2, 0) is 4.74 Å². The fraction of sp³-hybridized carbons (Fsp3) is 0.750. The largest absolute Gasteiger partial charge is 0.444 e. The first kappa shape index (κ1) is 18.3. The van der Waals surface area contributed by atoms with Crippen LogP contribution < -0.4 is 10.6 Å². The van der Waals surface area contributed by atoms with Gasteiger partial charge in [-0.3, -0.25) is 5.10 Å². The van der Waals surface area contributed by atoms with Crippen LogP contribution in [0.1, 0.15) is 46.0 Å². The van der Waals surface area contributed by atoms with Gasteiger partial charge in [0.25, 0.3) is 0 Å². The van der Waals surface area contributed by atoms with Crippen molar-refractivity contribution >= 4 is 11.8 Å². The van der Waals surface area contributed by atoms with Crippen molar-refractivity contribution in [3.8, 4) is 0 Å². The van der Waals surface area contributed by atoms with Gasteiger partial charge in [-0.25, -0.2) is 4.79 Å². The van der Waals surface area contributed by atoms with Gasteiger partial charge in [-0.15, -0.1) is 0 Å². The van der Waals surface area contributed by atoms with E-state index in [1.54, 1.807) is 0 Å². The Balaban J connectivity index is 2.51. The molecule has 0 saturated heterocycles. The van der Waals surface area contributed by atoms with Crippen molar-refractivity contribution in [2.45, 2.75) is 54.1 Å². The minimum Gasteiger partial charge on any atom is -0.444 e. The molecule has 0 aliphatic carbocycles. The molecule has 22 heavy (non-hydrogen) atoms. The molecule has 1 aromatic rings. The smallest absolute Gasteiger partial charge is 0.407 e. The van der Waals surface area contributed by atoms with Gasteiger partial charge in [0.05, 0.1) is 17.1 Å². The van der Waals surface area contributed by atoms with E-state index in [0.29, 0.717) is 18.4 Å². The second-order valence-electron chi connectivity index (χ2n) is 7.08. The fourth-order valence-electron chi connectivity index (χ4n) is 2.12. The zero-order chi connectivity index (χ0) is 16.9. The van der Waals surface area contributed by atoms with Crippen LogP contribution in [0.25, 0.3) is 0 Å². The average Bonchev–Trinajstić information content (AvgIpc) is 2.67. The quantitative estimate of drug-likeness (QED) is 0.753. The number of carbonyl (C=O) groups is 1. The molecule has 3 N–H and O–H groups in total. The fourth-order valence-corrected chi connectivity index (χ4v) is 2.12. The number of H-pyrrole nitrogens is 1. The number of aryl methyl sites for hydroxylation is 2. The number of amides is 1. The molecule has 6 nitrogen and oxygen atoms in total. The summed E-state index contributed by atoms with van der Waals surface area (Å²) >= 11 is 0. The number of ether oxygens (including phenoxy) is 1. The summed E-state index contributed by atoms with van der Waals surface area (Å²) in [6.45, 7) is 15.2. The van der Waals surface area contributed by atoms with Gasteiger partial charge in [-0.05, 0) is 46.5 Å². The maximum atomic E-state index is 11.8. The van der Waals surface area contributed by atoms with Gasteiger partial charge in [0, 0.05) is 13.1 Å². The van der Waals surface area contributed by atoms with E-state index in [4.69, 9.17) is 4.74 Å². The summed E-state index contributed by atoms with van der Waals surface area (Å²) in [6.07, 6.45) is -0.367. The lowest BCUT2D eigenvalue weighted by Crippen LogP contribution is -2.38. The van der Waals surface area contributed by atoms with Crippen molar-refractivity contribution in [1.82, 2.24) is 15.5 Å². The normalized spacial score (nSPS) is 13.1. The molecule has 1 unspecified atom stereocenters. The summed E-state index contributed by atoms with van der Waals surface area (Å²) in [6, 6.07) is 0. The van der Waals surface area contributed by atoms with E-state index in [2.05, 4.69) is 34.7 Å². The first-order valence-corrected chi connectivity index (χ1v) is 7.82. The van der Waals surface area contributed by atoms with Crippen LogP contribution in [-0.4, -0.2) is 35.0 Å². The maximum absolute atomic E-state index is 11.8. The standard InChI is InChI=1S/C16H30N4O2/c1-10(2)13(9-18-15(21)22-16(5,6)7)8-17-14-11(3)19-20-12(14)4/h10,13,17H,8-9H2,1-7H3,(H,18,21)(H,19,20). The summed E-state index contributed by atoms with van der Waals surface area (Å²) in [7, 11) is 0. The van der Waals surface area contributed by atoms with Crippen molar-refractivity contribution in [3.05, 3.63) is 11.4 Å². The van der Waals surface area contributed by atoms with Crippen LogP contribution in [0, 0.1) is 25.7 Å². The number of aromatic amines is 1. The van der Waals surface area contributed by atoms with Crippen LogP contribution in [0.4, 0.5) is 10.5 Å². The van der Waals surface area contributed by atoms with Crippen molar-refractivity contribution in [2.24, 2.45) is 11.8 Å². The first-order chi connectivity index (χ1) is 10.1. The van der Waals surface area contributed by atoms with Gasteiger partial charge in [-0.1, -0.05) is 13.8 Å². The summed E-state index contributed by atoms with van der Waals surface area (Å²) in [4.78, 5) is 11.8. The molecule has 0 spiro atoms. The molecule has 1 aromatic heterocycles. The number of hydrogen-bond acceptors (Lipinski definition) is 4. The van der Waals surface area contributed by atoms with E-state index in [0.717, 1.165) is 23.6 Å². The number of rotatable bonds is 6. The van der Waals surface area contributed by atoms with Gasteiger partial charge in [0.1, 0.15) is 5.60 Å². The Labute approximate surface area is 133 Å². The molecule has 126 valence electrons. The lowest BCUT2D eigenvalue weighted by Gasteiger charge is -2.24. The number of carbonyl (C=O) groups excluding carboxylic acids is 1. The predicted molar refractivity (Wildman–Crippen MR) is 89.1 cm³/mol.